The van der Waals surface area contributed by atoms with Gasteiger partial charge in [0.25, 0.3) is 0 Å². The molecule has 2 aliphatic heterocycles. The van der Waals surface area contributed by atoms with Crippen LogP contribution in [0.2, 0.25) is 0 Å². The van der Waals surface area contributed by atoms with E-state index in [4.69, 9.17) is 0 Å². The standard InChI is InChI=1S/C21H28F2N2O3/c1-28-20(27)6-5-19(26)25-12-9-16(14-25)15-7-10-24(11-8-15)13-17-3-2-4-18(22)21(17)23/h2-4,15-16H,5-14H2,1H3. The highest BCUT2D eigenvalue weighted by molar-refractivity contribution is 5.81. The summed E-state index contributed by atoms with van der Waals surface area (Å²) in [5, 5.41) is 0. The van der Waals surface area contributed by atoms with Crippen LogP contribution in [0.3, 0.4) is 0 Å². The molecule has 0 radical (unpaired) electrons. The average molecular weight is 394 g/mol. The normalized spacial score (nSPS) is 21.1. The Morgan fingerprint density at radius 1 is 1.07 bits per heavy atom. The molecule has 0 saturated carbocycles. The second-order valence-electron chi connectivity index (χ2n) is 7.79. The highest BCUT2D eigenvalue weighted by Gasteiger charge is 2.33. The van der Waals surface area contributed by atoms with E-state index < -0.39 is 11.6 Å². The number of esters is 1. The van der Waals surface area contributed by atoms with E-state index in [1.165, 1.54) is 7.11 Å². The van der Waals surface area contributed by atoms with Crippen molar-refractivity contribution in [1.82, 2.24) is 9.80 Å². The lowest BCUT2D eigenvalue weighted by atomic mass is 9.83. The van der Waals surface area contributed by atoms with Crippen LogP contribution < -0.4 is 0 Å². The van der Waals surface area contributed by atoms with Gasteiger partial charge in [0, 0.05) is 31.6 Å². The van der Waals surface area contributed by atoms with E-state index in [2.05, 4.69) is 9.64 Å². The number of piperidine rings is 1. The largest absolute Gasteiger partial charge is 0.469 e. The molecule has 2 fully saturated rings. The zero-order chi connectivity index (χ0) is 20.1. The Hall–Kier alpha value is -2.02. The van der Waals surface area contributed by atoms with Gasteiger partial charge in [-0.25, -0.2) is 8.78 Å². The van der Waals surface area contributed by atoms with E-state index in [0.717, 1.165) is 51.5 Å². The van der Waals surface area contributed by atoms with Crippen LogP contribution in [-0.4, -0.2) is 55.0 Å². The van der Waals surface area contributed by atoms with Crippen molar-refractivity contribution >= 4 is 11.9 Å². The van der Waals surface area contributed by atoms with Gasteiger partial charge in [0.2, 0.25) is 5.91 Å². The van der Waals surface area contributed by atoms with Gasteiger partial charge in [-0.2, -0.15) is 0 Å². The van der Waals surface area contributed by atoms with Crippen LogP contribution in [0.5, 0.6) is 0 Å². The first-order valence-electron chi connectivity index (χ1n) is 9.97. The molecule has 0 bridgehead atoms. The minimum atomic E-state index is -0.796. The summed E-state index contributed by atoms with van der Waals surface area (Å²) < 4.78 is 31.8. The average Bonchev–Trinajstić information content (AvgIpc) is 3.20. The topological polar surface area (TPSA) is 49.9 Å². The molecular weight excluding hydrogens is 366 g/mol. The third-order valence-corrected chi connectivity index (χ3v) is 6.07. The van der Waals surface area contributed by atoms with Crippen molar-refractivity contribution in [2.75, 3.05) is 33.3 Å². The van der Waals surface area contributed by atoms with Crippen molar-refractivity contribution in [3.8, 4) is 0 Å². The molecule has 1 aromatic rings. The molecule has 154 valence electrons. The molecule has 5 nitrogen and oxygen atoms in total. The molecule has 0 N–H and O–H groups in total. The van der Waals surface area contributed by atoms with Gasteiger partial charge in [-0.15, -0.1) is 0 Å². The quantitative estimate of drug-likeness (QED) is 0.696. The van der Waals surface area contributed by atoms with Gasteiger partial charge >= 0.3 is 5.97 Å². The Bertz CT molecular complexity index is 705. The van der Waals surface area contributed by atoms with Crippen LogP contribution in [0.4, 0.5) is 8.78 Å². The van der Waals surface area contributed by atoms with E-state index in [1.54, 1.807) is 12.1 Å². The van der Waals surface area contributed by atoms with Crippen molar-refractivity contribution in [2.45, 2.75) is 38.6 Å². The summed E-state index contributed by atoms with van der Waals surface area (Å²) in [5.41, 5.74) is 0.404. The maximum Gasteiger partial charge on any atom is 0.306 e. The van der Waals surface area contributed by atoms with E-state index in [9.17, 15) is 18.4 Å². The minimum Gasteiger partial charge on any atom is -0.469 e. The van der Waals surface area contributed by atoms with Crippen molar-refractivity contribution in [3.63, 3.8) is 0 Å². The number of methoxy groups -OCH3 is 1. The van der Waals surface area contributed by atoms with Crippen molar-refractivity contribution in [2.24, 2.45) is 11.8 Å². The van der Waals surface area contributed by atoms with Gasteiger partial charge in [-0.3, -0.25) is 14.5 Å². The van der Waals surface area contributed by atoms with Crippen LogP contribution in [-0.2, 0) is 20.9 Å². The number of likely N-dealkylation sites (tertiary alicyclic amines) is 2. The summed E-state index contributed by atoms with van der Waals surface area (Å²) >= 11 is 0. The van der Waals surface area contributed by atoms with Gasteiger partial charge in [-0.1, -0.05) is 12.1 Å². The minimum absolute atomic E-state index is 0.0203. The predicted molar refractivity (Wildman–Crippen MR) is 100 cm³/mol. The van der Waals surface area contributed by atoms with Gasteiger partial charge < -0.3 is 9.64 Å². The van der Waals surface area contributed by atoms with Gasteiger partial charge in [0.05, 0.1) is 13.5 Å². The van der Waals surface area contributed by atoms with Gasteiger partial charge in [-0.05, 0) is 50.3 Å². The fraction of sp³-hybridized carbons (Fsp3) is 0.619. The second kappa shape index (κ2) is 9.45. The first-order valence-corrected chi connectivity index (χ1v) is 9.97. The van der Waals surface area contributed by atoms with Crippen LogP contribution in [0.25, 0.3) is 0 Å². The smallest absolute Gasteiger partial charge is 0.306 e. The highest BCUT2D eigenvalue weighted by Crippen LogP contribution is 2.32. The van der Waals surface area contributed by atoms with E-state index >= 15 is 0 Å². The SMILES string of the molecule is COC(=O)CCC(=O)N1CCC(C2CCN(Cc3cccc(F)c3F)CC2)C1. The number of hydrogen-bond acceptors (Lipinski definition) is 4. The summed E-state index contributed by atoms with van der Waals surface area (Å²) in [6.45, 7) is 3.64. The van der Waals surface area contributed by atoms with E-state index in [1.807, 2.05) is 4.90 Å². The molecular formula is C21H28F2N2O3. The number of rotatable bonds is 6. The molecule has 2 saturated heterocycles. The van der Waals surface area contributed by atoms with E-state index in [0.29, 0.717) is 23.9 Å². The second-order valence-corrected chi connectivity index (χ2v) is 7.79. The molecule has 0 aromatic heterocycles. The summed E-state index contributed by atoms with van der Waals surface area (Å²) in [7, 11) is 1.33. The fourth-order valence-corrected chi connectivity index (χ4v) is 4.36. The monoisotopic (exact) mass is 394 g/mol. The Kier molecular flexibility index (Phi) is 6.99. The molecule has 1 unspecified atom stereocenters. The summed E-state index contributed by atoms with van der Waals surface area (Å²) in [5.74, 6) is -0.850. The molecule has 1 amide bonds. The fourth-order valence-electron chi connectivity index (χ4n) is 4.36. The molecule has 1 atom stereocenters. The number of hydrogen-bond donors (Lipinski definition) is 0. The zero-order valence-corrected chi connectivity index (χ0v) is 16.3. The predicted octanol–water partition coefficient (Wildman–Crippen LogP) is 2.98. The molecule has 28 heavy (non-hydrogen) atoms. The van der Waals surface area contributed by atoms with Gasteiger partial charge in [0.15, 0.2) is 11.6 Å². The number of halogens is 2. The highest BCUT2D eigenvalue weighted by atomic mass is 19.2. The first kappa shape index (κ1) is 20.7. The zero-order valence-electron chi connectivity index (χ0n) is 16.3. The molecule has 1 aromatic carbocycles. The maximum atomic E-state index is 13.9. The number of carbonyl (C=O) groups is 2. The van der Waals surface area contributed by atoms with Crippen molar-refractivity contribution in [1.29, 1.82) is 0 Å². The lowest BCUT2D eigenvalue weighted by molar-refractivity contribution is -0.143. The molecule has 2 aliphatic rings. The Morgan fingerprint density at radius 2 is 1.79 bits per heavy atom. The summed E-state index contributed by atoms with van der Waals surface area (Å²) in [6.07, 6.45) is 3.34. The van der Waals surface area contributed by atoms with Gasteiger partial charge in [0.1, 0.15) is 0 Å². The number of nitrogens with zero attached hydrogens (tertiary/aromatic N) is 2. The van der Waals surface area contributed by atoms with E-state index in [-0.39, 0.29) is 24.7 Å². The van der Waals surface area contributed by atoms with Crippen LogP contribution in [0.1, 0.15) is 37.7 Å². The Balaban J connectivity index is 1.43. The maximum absolute atomic E-state index is 13.9. The Labute approximate surface area is 164 Å². The van der Waals surface area contributed by atoms with Crippen molar-refractivity contribution in [3.05, 3.63) is 35.4 Å². The lowest BCUT2D eigenvalue weighted by Crippen LogP contribution is -2.37. The molecule has 7 heteroatoms. The number of ether oxygens (including phenoxy) is 1. The number of amides is 1. The third-order valence-electron chi connectivity index (χ3n) is 6.07. The number of benzene rings is 1. The molecule has 0 aliphatic carbocycles. The molecule has 2 heterocycles. The molecule has 0 spiro atoms. The number of carbonyl (C=O) groups excluding carboxylic acids is 2. The lowest BCUT2D eigenvalue weighted by Gasteiger charge is -2.35. The van der Waals surface area contributed by atoms with Crippen molar-refractivity contribution < 1.29 is 23.1 Å². The van der Waals surface area contributed by atoms with Crippen LogP contribution in [0, 0.1) is 23.5 Å². The van der Waals surface area contributed by atoms with Crippen LogP contribution >= 0.6 is 0 Å². The molecule has 3 rings (SSSR count). The summed E-state index contributed by atoms with van der Waals surface area (Å²) in [4.78, 5) is 27.5. The first-order chi connectivity index (χ1) is 13.5. The van der Waals surface area contributed by atoms with Crippen LogP contribution in [0.15, 0.2) is 18.2 Å². The third kappa shape index (κ3) is 5.07. The summed E-state index contributed by atoms with van der Waals surface area (Å²) in [6, 6.07) is 4.33. The Morgan fingerprint density at radius 3 is 2.50 bits per heavy atom.